The molecule has 0 fully saturated rings. The van der Waals surface area contributed by atoms with Crippen molar-refractivity contribution in [3.8, 4) is 0 Å². The van der Waals surface area contributed by atoms with Gasteiger partial charge in [-0.15, -0.1) is 0 Å². The molecule has 0 aliphatic heterocycles. The maximum absolute atomic E-state index is 11.0. The average Bonchev–Trinajstić information content (AvgIpc) is 2.50. The minimum Gasteiger partial charge on any atom is -0.478 e. The summed E-state index contributed by atoms with van der Waals surface area (Å²) < 4.78 is 0. The van der Waals surface area contributed by atoms with Crippen LogP contribution in [-0.4, -0.2) is 11.1 Å². The van der Waals surface area contributed by atoms with Crippen molar-refractivity contribution in [1.82, 2.24) is 0 Å². The van der Waals surface area contributed by atoms with E-state index in [1.807, 2.05) is 24.3 Å². The monoisotopic (exact) mass is 288 g/mol. The van der Waals surface area contributed by atoms with Gasteiger partial charge >= 0.3 is 5.97 Å². The predicted molar refractivity (Wildman–Crippen MR) is 88.6 cm³/mol. The first kappa shape index (κ1) is 17.5. The Bertz CT molecular complexity index is 434. The molecule has 0 radical (unpaired) electrons. The smallest absolute Gasteiger partial charge is 0.330 e. The van der Waals surface area contributed by atoms with Crippen LogP contribution in [0.3, 0.4) is 0 Å². The molecule has 0 aliphatic carbocycles. The summed E-state index contributed by atoms with van der Waals surface area (Å²) in [6, 6.07) is 10.2. The molecule has 0 aliphatic rings. The summed E-state index contributed by atoms with van der Waals surface area (Å²) in [7, 11) is 0. The molecule has 116 valence electrons. The molecule has 1 aromatic rings. The van der Waals surface area contributed by atoms with Crippen molar-refractivity contribution in [3.05, 3.63) is 47.5 Å². The molecule has 1 N–H and O–H groups in total. The van der Waals surface area contributed by atoms with Gasteiger partial charge in [0, 0.05) is 11.5 Å². The molecule has 1 aromatic carbocycles. The standard InChI is InChI=1S/C19H28O2/c1-3-4-5-6-7-9-14-18(15-16(2)19(20)21)17-12-10-8-11-13-17/h8,10-13,15,18H,3-7,9,14H2,1-2H3,(H,20,21). The highest BCUT2D eigenvalue weighted by Gasteiger charge is 2.11. The molecule has 0 saturated heterocycles. The lowest BCUT2D eigenvalue weighted by molar-refractivity contribution is -0.132. The summed E-state index contributed by atoms with van der Waals surface area (Å²) in [6.07, 6.45) is 10.5. The van der Waals surface area contributed by atoms with E-state index in [9.17, 15) is 4.79 Å². The number of hydrogen-bond acceptors (Lipinski definition) is 1. The van der Waals surface area contributed by atoms with Gasteiger partial charge in [-0.3, -0.25) is 0 Å². The topological polar surface area (TPSA) is 37.3 Å². The predicted octanol–water partition coefficient (Wildman–Crippen LogP) is 5.55. The fraction of sp³-hybridized carbons (Fsp3) is 0.526. The molecule has 0 amide bonds. The van der Waals surface area contributed by atoms with Gasteiger partial charge in [0.15, 0.2) is 0 Å². The van der Waals surface area contributed by atoms with Crippen LogP contribution in [0.15, 0.2) is 42.0 Å². The van der Waals surface area contributed by atoms with Crippen LogP contribution in [0, 0.1) is 0 Å². The van der Waals surface area contributed by atoms with Gasteiger partial charge in [-0.25, -0.2) is 4.79 Å². The van der Waals surface area contributed by atoms with Gasteiger partial charge < -0.3 is 5.11 Å². The minimum atomic E-state index is -0.820. The molecule has 1 atom stereocenters. The Labute approximate surface area is 128 Å². The fourth-order valence-corrected chi connectivity index (χ4v) is 2.56. The van der Waals surface area contributed by atoms with E-state index in [0.717, 1.165) is 12.8 Å². The van der Waals surface area contributed by atoms with Crippen LogP contribution in [0.5, 0.6) is 0 Å². The SMILES string of the molecule is CCCCCCCCC(C=C(C)C(=O)O)c1ccccc1. The van der Waals surface area contributed by atoms with E-state index in [1.54, 1.807) is 6.92 Å². The van der Waals surface area contributed by atoms with E-state index in [1.165, 1.54) is 37.7 Å². The third kappa shape index (κ3) is 7.12. The number of unbranched alkanes of at least 4 members (excludes halogenated alkanes) is 5. The summed E-state index contributed by atoms with van der Waals surface area (Å²) in [5, 5.41) is 9.08. The van der Waals surface area contributed by atoms with Crippen LogP contribution >= 0.6 is 0 Å². The largest absolute Gasteiger partial charge is 0.478 e. The fourth-order valence-electron chi connectivity index (χ4n) is 2.56. The first-order chi connectivity index (χ1) is 10.1. The number of allylic oxidation sites excluding steroid dienone is 1. The zero-order chi connectivity index (χ0) is 15.5. The quantitative estimate of drug-likeness (QED) is 0.452. The molecule has 21 heavy (non-hydrogen) atoms. The molecule has 1 unspecified atom stereocenters. The molecule has 0 heterocycles. The van der Waals surface area contributed by atoms with E-state index in [-0.39, 0.29) is 5.92 Å². The second kappa shape index (κ2) is 10.2. The van der Waals surface area contributed by atoms with E-state index in [0.29, 0.717) is 5.57 Å². The van der Waals surface area contributed by atoms with Crippen molar-refractivity contribution in [1.29, 1.82) is 0 Å². The molecule has 0 bridgehead atoms. The molecule has 0 saturated carbocycles. The van der Waals surface area contributed by atoms with Gasteiger partial charge in [-0.2, -0.15) is 0 Å². The first-order valence-corrected chi connectivity index (χ1v) is 8.11. The van der Waals surface area contributed by atoms with Crippen molar-refractivity contribution >= 4 is 5.97 Å². The first-order valence-electron chi connectivity index (χ1n) is 8.11. The Balaban J connectivity index is 2.57. The lowest BCUT2D eigenvalue weighted by Crippen LogP contribution is -2.02. The maximum atomic E-state index is 11.0. The van der Waals surface area contributed by atoms with Crippen LogP contribution in [0.2, 0.25) is 0 Å². The van der Waals surface area contributed by atoms with Crippen molar-refractivity contribution < 1.29 is 9.90 Å². The number of carboxylic acids is 1. The van der Waals surface area contributed by atoms with Crippen molar-refractivity contribution in [2.24, 2.45) is 0 Å². The summed E-state index contributed by atoms with van der Waals surface area (Å²) >= 11 is 0. The van der Waals surface area contributed by atoms with Crippen molar-refractivity contribution in [2.75, 3.05) is 0 Å². The Kier molecular flexibility index (Phi) is 8.49. The van der Waals surface area contributed by atoms with E-state index in [2.05, 4.69) is 19.1 Å². The molecule has 2 nitrogen and oxygen atoms in total. The van der Waals surface area contributed by atoms with Crippen molar-refractivity contribution in [3.63, 3.8) is 0 Å². The number of carboxylic acid groups (broad SMARTS) is 1. The van der Waals surface area contributed by atoms with E-state index in [4.69, 9.17) is 5.11 Å². The summed E-state index contributed by atoms with van der Waals surface area (Å²) in [5.74, 6) is -0.604. The maximum Gasteiger partial charge on any atom is 0.330 e. The minimum absolute atomic E-state index is 0.216. The third-order valence-electron chi connectivity index (χ3n) is 3.88. The van der Waals surface area contributed by atoms with Crippen LogP contribution in [0.25, 0.3) is 0 Å². The van der Waals surface area contributed by atoms with Gasteiger partial charge in [-0.1, -0.05) is 81.9 Å². The Morgan fingerprint density at radius 2 is 1.71 bits per heavy atom. The average molecular weight is 288 g/mol. The number of hydrogen-bond donors (Lipinski definition) is 1. The third-order valence-corrected chi connectivity index (χ3v) is 3.88. The highest BCUT2D eigenvalue weighted by molar-refractivity contribution is 5.85. The second-order valence-electron chi connectivity index (χ2n) is 5.73. The van der Waals surface area contributed by atoms with Gasteiger partial charge in [-0.05, 0) is 18.9 Å². The molecular formula is C19H28O2. The summed E-state index contributed by atoms with van der Waals surface area (Å²) in [4.78, 5) is 11.0. The number of benzene rings is 1. The molecule has 0 spiro atoms. The second-order valence-corrected chi connectivity index (χ2v) is 5.73. The lowest BCUT2D eigenvalue weighted by Gasteiger charge is -2.14. The Morgan fingerprint density at radius 3 is 2.33 bits per heavy atom. The number of carbonyl (C=O) groups is 1. The van der Waals surface area contributed by atoms with Crippen LogP contribution in [-0.2, 0) is 4.79 Å². The zero-order valence-corrected chi connectivity index (χ0v) is 13.3. The van der Waals surface area contributed by atoms with Crippen molar-refractivity contribution in [2.45, 2.75) is 64.7 Å². The Morgan fingerprint density at radius 1 is 1.10 bits per heavy atom. The molecule has 2 heteroatoms. The van der Waals surface area contributed by atoms with Crippen LogP contribution < -0.4 is 0 Å². The summed E-state index contributed by atoms with van der Waals surface area (Å²) in [6.45, 7) is 3.91. The molecular weight excluding hydrogens is 260 g/mol. The highest BCUT2D eigenvalue weighted by atomic mass is 16.4. The van der Waals surface area contributed by atoms with Crippen LogP contribution in [0.4, 0.5) is 0 Å². The van der Waals surface area contributed by atoms with Gasteiger partial charge in [0.05, 0.1) is 0 Å². The normalized spacial score (nSPS) is 13.1. The van der Waals surface area contributed by atoms with Crippen LogP contribution in [0.1, 0.15) is 70.3 Å². The van der Waals surface area contributed by atoms with Gasteiger partial charge in [0.1, 0.15) is 0 Å². The van der Waals surface area contributed by atoms with E-state index < -0.39 is 5.97 Å². The zero-order valence-electron chi connectivity index (χ0n) is 13.3. The van der Waals surface area contributed by atoms with E-state index >= 15 is 0 Å². The summed E-state index contributed by atoms with van der Waals surface area (Å²) in [5.41, 5.74) is 1.65. The molecule has 1 rings (SSSR count). The van der Waals surface area contributed by atoms with Gasteiger partial charge in [0.2, 0.25) is 0 Å². The van der Waals surface area contributed by atoms with Gasteiger partial charge in [0.25, 0.3) is 0 Å². The number of rotatable bonds is 10. The Hall–Kier alpha value is -1.57. The lowest BCUT2D eigenvalue weighted by atomic mass is 9.91. The molecule has 0 aromatic heterocycles. The number of aliphatic carboxylic acids is 1. The highest BCUT2D eigenvalue weighted by Crippen LogP contribution is 2.25.